The Labute approximate surface area is 200 Å². The van der Waals surface area contributed by atoms with E-state index in [9.17, 15) is 19.5 Å². The molecule has 3 aromatic carbocycles. The Morgan fingerprint density at radius 2 is 1.57 bits per heavy atom. The third-order valence-corrected chi connectivity index (χ3v) is 5.59. The molecule has 35 heavy (non-hydrogen) atoms. The molecule has 2 N–H and O–H groups in total. The Morgan fingerprint density at radius 1 is 0.914 bits per heavy atom. The molecule has 1 amide bonds. The van der Waals surface area contributed by atoms with E-state index in [4.69, 9.17) is 13.9 Å². The number of nitrogens with one attached hydrogen (secondary N) is 1. The van der Waals surface area contributed by atoms with E-state index in [1.165, 1.54) is 32.4 Å². The van der Waals surface area contributed by atoms with Crippen LogP contribution in [0.4, 0.5) is 5.69 Å². The molecule has 0 aliphatic rings. The number of fused-ring (bicyclic) bond motifs is 1. The minimum atomic E-state index is -1.23. The van der Waals surface area contributed by atoms with Gasteiger partial charge in [-0.1, -0.05) is 18.2 Å². The van der Waals surface area contributed by atoms with E-state index >= 15 is 0 Å². The van der Waals surface area contributed by atoms with Gasteiger partial charge in [0.25, 0.3) is 5.91 Å². The van der Waals surface area contributed by atoms with Crippen LogP contribution in [0.2, 0.25) is 0 Å². The van der Waals surface area contributed by atoms with Crippen LogP contribution in [0.5, 0.6) is 11.5 Å². The molecule has 0 aliphatic heterocycles. The SMILES string of the molecule is COc1cc(NC(=O)c2ccc(-c3cc(=O)c4cc(C)cc(C)c4o3)cc2)c(C(=O)O)cc1OC. The van der Waals surface area contributed by atoms with Crippen molar-refractivity contribution in [1.29, 1.82) is 0 Å². The predicted octanol–water partition coefficient (Wildman–Crippen LogP) is 5.04. The Morgan fingerprint density at radius 3 is 2.20 bits per heavy atom. The van der Waals surface area contributed by atoms with Crippen molar-refractivity contribution in [2.75, 3.05) is 19.5 Å². The Balaban J connectivity index is 1.64. The molecule has 0 saturated carbocycles. The molecule has 8 heteroatoms. The summed E-state index contributed by atoms with van der Waals surface area (Å²) in [6.45, 7) is 3.81. The predicted molar refractivity (Wildman–Crippen MR) is 132 cm³/mol. The zero-order valence-electron chi connectivity index (χ0n) is 19.6. The maximum absolute atomic E-state index is 12.8. The van der Waals surface area contributed by atoms with Crippen LogP contribution in [-0.4, -0.2) is 31.2 Å². The number of carboxylic acids is 1. The molecule has 0 saturated heterocycles. The molecule has 1 heterocycles. The van der Waals surface area contributed by atoms with Gasteiger partial charge in [-0.15, -0.1) is 0 Å². The molecule has 0 aliphatic carbocycles. The van der Waals surface area contributed by atoms with Gasteiger partial charge in [0, 0.05) is 29.3 Å². The van der Waals surface area contributed by atoms with E-state index in [-0.39, 0.29) is 33.7 Å². The van der Waals surface area contributed by atoms with Crippen LogP contribution < -0.4 is 20.2 Å². The number of ether oxygens (including phenoxy) is 2. The molecular weight excluding hydrogens is 450 g/mol. The number of methoxy groups -OCH3 is 2. The second-order valence-corrected chi connectivity index (χ2v) is 8.02. The van der Waals surface area contributed by atoms with Crippen LogP contribution in [0, 0.1) is 13.8 Å². The zero-order valence-corrected chi connectivity index (χ0v) is 19.6. The van der Waals surface area contributed by atoms with Gasteiger partial charge < -0.3 is 24.3 Å². The van der Waals surface area contributed by atoms with E-state index in [1.54, 1.807) is 30.3 Å². The van der Waals surface area contributed by atoms with Gasteiger partial charge in [0.2, 0.25) is 0 Å². The first-order valence-corrected chi connectivity index (χ1v) is 10.7. The summed E-state index contributed by atoms with van der Waals surface area (Å²) in [4.78, 5) is 37.2. The van der Waals surface area contributed by atoms with Crippen LogP contribution in [-0.2, 0) is 0 Å². The standard InChI is InChI=1S/C27H23NO7/c1-14-9-15(2)25-19(10-14)21(29)13-22(35-25)16-5-7-17(8-6-16)26(30)28-20-12-24(34-4)23(33-3)11-18(20)27(31)32/h5-13H,1-4H3,(H,28,30)(H,31,32). The third-order valence-electron chi connectivity index (χ3n) is 5.59. The fourth-order valence-corrected chi connectivity index (χ4v) is 3.89. The number of hydrogen-bond donors (Lipinski definition) is 2. The molecular formula is C27H23NO7. The van der Waals surface area contributed by atoms with Gasteiger partial charge in [-0.2, -0.15) is 0 Å². The van der Waals surface area contributed by atoms with Crippen LogP contribution >= 0.6 is 0 Å². The van der Waals surface area contributed by atoms with Crippen LogP contribution in [0.15, 0.2) is 63.8 Å². The molecule has 0 atom stereocenters. The fourth-order valence-electron chi connectivity index (χ4n) is 3.89. The molecule has 0 radical (unpaired) electrons. The van der Waals surface area contributed by atoms with Gasteiger partial charge in [-0.05, 0) is 43.2 Å². The summed E-state index contributed by atoms with van der Waals surface area (Å²) in [7, 11) is 2.81. The normalized spacial score (nSPS) is 10.7. The van der Waals surface area contributed by atoms with Crippen LogP contribution in [0.25, 0.3) is 22.3 Å². The Kier molecular flexibility index (Phi) is 6.29. The molecule has 0 bridgehead atoms. The maximum atomic E-state index is 12.8. The number of carboxylic acid groups (broad SMARTS) is 1. The number of anilines is 1. The number of benzene rings is 3. The lowest BCUT2D eigenvalue weighted by atomic mass is 10.1. The van der Waals surface area contributed by atoms with E-state index < -0.39 is 11.9 Å². The van der Waals surface area contributed by atoms with Gasteiger partial charge in [0.05, 0.1) is 30.9 Å². The third kappa shape index (κ3) is 4.59. The second-order valence-electron chi connectivity index (χ2n) is 8.02. The molecule has 0 fully saturated rings. The Hall–Kier alpha value is -4.59. The zero-order chi connectivity index (χ0) is 25.3. The first-order chi connectivity index (χ1) is 16.7. The number of rotatable bonds is 6. The summed E-state index contributed by atoms with van der Waals surface area (Å²) in [5.74, 6) is -0.852. The molecule has 0 unspecified atom stereocenters. The highest BCUT2D eigenvalue weighted by molar-refractivity contribution is 6.08. The number of carbonyl (C=O) groups is 2. The molecule has 0 spiro atoms. The van der Waals surface area contributed by atoms with Gasteiger partial charge in [-0.3, -0.25) is 9.59 Å². The van der Waals surface area contributed by atoms with Gasteiger partial charge in [0.15, 0.2) is 16.9 Å². The van der Waals surface area contributed by atoms with Crippen molar-refractivity contribution >= 4 is 28.5 Å². The average molecular weight is 473 g/mol. The molecule has 4 aromatic rings. The summed E-state index contributed by atoms with van der Waals surface area (Å²) in [5, 5.41) is 12.7. The highest BCUT2D eigenvalue weighted by atomic mass is 16.5. The highest BCUT2D eigenvalue weighted by Gasteiger charge is 2.19. The minimum absolute atomic E-state index is 0.0653. The number of amides is 1. The number of hydrogen-bond acceptors (Lipinski definition) is 6. The number of aryl methyl sites for hydroxylation is 2. The van der Waals surface area contributed by atoms with Crippen molar-refractivity contribution < 1.29 is 28.6 Å². The van der Waals surface area contributed by atoms with Gasteiger partial charge >= 0.3 is 5.97 Å². The molecule has 4 rings (SSSR count). The lowest BCUT2D eigenvalue weighted by molar-refractivity contribution is 0.0697. The van der Waals surface area contributed by atoms with Crippen molar-refractivity contribution in [2.45, 2.75) is 13.8 Å². The van der Waals surface area contributed by atoms with E-state index in [2.05, 4.69) is 5.32 Å². The first-order valence-electron chi connectivity index (χ1n) is 10.7. The molecule has 1 aromatic heterocycles. The van der Waals surface area contributed by atoms with Crippen molar-refractivity contribution in [2.24, 2.45) is 0 Å². The molecule has 178 valence electrons. The van der Waals surface area contributed by atoms with Gasteiger partial charge in [-0.25, -0.2) is 4.79 Å². The summed E-state index contributed by atoms with van der Waals surface area (Å²) in [6, 6.07) is 14.3. The monoisotopic (exact) mass is 473 g/mol. The summed E-state index contributed by atoms with van der Waals surface area (Å²) in [6.07, 6.45) is 0. The maximum Gasteiger partial charge on any atom is 0.337 e. The smallest absolute Gasteiger partial charge is 0.337 e. The summed E-state index contributed by atoms with van der Waals surface area (Å²) < 4.78 is 16.4. The largest absolute Gasteiger partial charge is 0.493 e. The first kappa shape index (κ1) is 23.6. The minimum Gasteiger partial charge on any atom is -0.493 e. The Bertz CT molecular complexity index is 1520. The summed E-state index contributed by atoms with van der Waals surface area (Å²) in [5.41, 5.74) is 3.04. The lowest BCUT2D eigenvalue weighted by Gasteiger charge is -2.14. The average Bonchev–Trinajstić information content (AvgIpc) is 2.84. The van der Waals surface area contributed by atoms with E-state index in [0.717, 1.165) is 11.1 Å². The van der Waals surface area contributed by atoms with E-state index in [0.29, 0.717) is 22.3 Å². The fraction of sp³-hybridized carbons (Fsp3) is 0.148. The number of aromatic carboxylic acids is 1. The van der Waals surface area contributed by atoms with Gasteiger partial charge in [0.1, 0.15) is 11.3 Å². The number of carbonyl (C=O) groups excluding carboxylic acids is 1. The van der Waals surface area contributed by atoms with E-state index in [1.807, 2.05) is 19.9 Å². The van der Waals surface area contributed by atoms with Crippen molar-refractivity contribution in [3.8, 4) is 22.8 Å². The van der Waals surface area contributed by atoms with Crippen LogP contribution in [0.3, 0.4) is 0 Å². The quantitative estimate of drug-likeness (QED) is 0.403. The van der Waals surface area contributed by atoms with Crippen molar-refractivity contribution in [1.82, 2.24) is 0 Å². The lowest BCUT2D eigenvalue weighted by Crippen LogP contribution is -2.15. The molecule has 8 nitrogen and oxygen atoms in total. The second kappa shape index (κ2) is 9.34. The summed E-state index contributed by atoms with van der Waals surface area (Å²) >= 11 is 0. The van der Waals surface area contributed by atoms with Crippen LogP contribution in [0.1, 0.15) is 31.8 Å². The highest BCUT2D eigenvalue weighted by Crippen LogP contribution is 2.34. The topological polar surface area (TPSA) is 115 Å². The van der Waals surface area contributed by atoms with Crippen molar-refractivity contribution in [3.63, 3.8) is 0 Å². The van der Waals surface area contributed by atoms with Crippen molar-refractivity contribution in [3.05, 3.63) is 87.1 Å².